The van der Waals surface area contributed by atoms with Gasteiger partial charge in [-0.2, -0.15) is 0 Å². The lowest BCUT2D eigenvalue weighted by Crippen LogP contribution is -2.35. The SMILES string of the molecule is Cc1ccc(CCC(=O)NC2CCOC2)c(Br)c1. The molecular weight excluding hydrogens is 294 g/mol. The number of ether oxygens (including phenoxy) is 1. The molecule has 0 spiro atoms. The molecule has 3 nitrogen and oxygen atoms in total. The highest BCUT2D eigenvalue weighted by Gasteiger charge is 2.17. The van der Waals surface area contributed by atoms with Gasteiger partial charge in [0.05, 0.1) is 12.6 Å². The van der Waals surface area contributed by atoms with Crippen molar-refractivity contribution < 1.29 is 9.53 Å². The van der Waals surface area contributed by atoms with Gasteiger partial charge >= 0.3 is 0 Å². The van der Waals surface area contributed by atoms with Crippen molar-refractivity contribution in [2.75, 3.05) is 13.2 Å². The van der Waals surface area contributed by atoms with Crippen molar-refractivity contribution in [2.24, 2.45) is 0 Å². The van der Waals surface area contributed by atoms with Crippen LogP contribution in [0.1, 0.15) is 24.0 Å². The summed E-state index contributed by atoms with van der Waals surface area (Å²) in [7, 11) is 0. The molecule has 1 aliphatic heterocycles. The van der Waals surface area contributed by atoms with Crippen molar-refractivity contribution >= 4 is 21.8 Å². The Morgan fingerprint density at radius 2 is 2.39 bits per heavy atom. The third-order valence-corrected chi connectivity index (χ3v) is 3.86. The van der Waals surface area contributed by atoms with Gasteiger partial charge in [0.1, 0.15) is 0 Å². The molecule has 0 aliphatic carbocycles. The molecule has 1 aromatic rings. The number of nitrogens with one attached hydrogen (secondary N) is 1. The fourth-order valence-corrected chi connectivity index (χ4v) is 2.74. The number of carbonyl (C=O) groups is 1. The van der Waals surface area contributed by atoms with Crippen molar-refractivity contribution in [2.45, 2.75) is 32.2 Å². The number of carbonyl (C=O) groups excluding carboxylic acids is 1. The number of rotatable bonds is 4. The second-order valence-corrected chi connectivity index (χ2v) is 5.58. The predicted molar refractivity (Wildman–Crippen MR) is 74.6 cm³/mol. The van der Waals surface area contributed by atoms with Crippen molar-refractivity contribution in [1.29, 1.82) is 0 Å². The molecule has 0 aromatic heterocycles. The second kappa shape index (κ2) is 6.34. The normalized spacial score (nSPS) is 18.9. The van der Waals surface area contributed by atoms with Gasteiger partial charge < -0.3 is 10.1 Å². The number of hydrogen-bond acceptors (Lipinski definition) is 2. The molecule has 1 N–H and O–H groups in total. The maximum atomic E-state index is 11.8. The van der Waals surface area contributed by atoms with Crippen LogP contribution in [-0.2, 0) is 16.0 Å². The summed E-state index contributed by atoms with van der Waals surface area (Å²) in [4.78, 5) is 11.8. The van der Waals surface area contributed by atoms with E-state index in [9.17, 15) is 4.79 Å². The summed E-state index contributed by atoms with van der Waals surface area (Å²) in [5.41, 5.74) is 2.40. The van der Waals surface area contributed by atoms with Gasteiger partial charge in [0, 0.05) is 17.5 Å². The first-order valence-electron chi connectivity index (χ1n) is 6.27. The molecule has 98 valence electrons. The molecule has 1 saturated heterocycles. The smallest absolute Gasteiger partial charge is 0.220 e. The molecule has 1 aliphatic rings. The Kier molecular flexibility index (Phi) is 4.78. The largest absolute Gasteiger partial charge is 0.379 e. The predicted octanol–water partition coefficient (Wildman–Crippen LogP) is 2.60. The Hall–Kier alpha value is -0.870. The van der Waals surface area contributed by atoms with E-state index in [1.165, 1.54) is 11.1 Å². The van der Waals surface area contributed by atoms with Crippen LogP contribution in [-0.4, -0.2) is 25.2 Å². The molecule has 1 aromatic carbocycles. The van der Waals surface area contributed by atoms with Crippen molar-refractivity contribution in [3.8, 4) is 0 Å². The summed E-state index contributed by atoms with van der Waals surface area (Å²) >= 11 is 3.53. The zero-order chi connectivity index (χ0) is 13.0. The van der Waals surface area contributed by atoms with Gasteiger partial charge in [-0.3, -0.25) is 4.79 Å². The molecule has 4 heteroatoms. The van der Waals surface area contributed by atoms with Gasteiger partial charge in [-0.1, -0.05) is 28.1 Å². The van der Waals surface area contributed by atoms with Crippen LogP contribution in [0.15, 0.2) is 22.7 Å². The highest BCUT2D eigenvalue weighted by atomic mass is 79.9. The Labute approximate surface area is 116 Å². The van der Waals surface area contributed by atoms with Gasteiger partial charge in [-0.15, -0.1) is 0 Å². The summed E-state index contributed by atoms with van der Waals surface area (Å²) in [6, 6.07) is 6.44. The minimum absolute atomic E-state index is 0.109. The first-order chi connectivity index (χ1) is 8.65. The van der Waals surface area contributed by atoms with Gasteiger partial charge in [0.2, 0.25) is 5.91 Å². The van der Waals surface area contributed by atoms with E-state index in [2.05, 4.69) is 46.4 Å². The van der Waals surface area contributed by atoms with Crippen LogP contribution in [0.3, 0.4) is 0 Å². The number of halogens is 1. The van der Waals surface area contributed by atoms with Gasteiger partial charge in [0.25, 0.3) is 0 Å². The Morgan fingerprint density at radius 3 is 3.06 bits per heavy atom. The first kappa shape index (κ1) is 13.6. The Bertz CT molecular complexity index is 428. The van der Waals surface area contributed by atoms with Gasteiger partial charge in [-0.05, 0) is 37.0 Å². The summed E-state index contributed by atoms with van der Waals surface area (Å²) in [6.45, 7) is 3.47. The minimum Gasteiger partial charge on any atom is -0.379 e. The van der Waals surface area contributed by atoms with Crippen LogP contribution in [0.5, 0.6) is 0 Å². The lowest BCUT2D eigenvalue weighted by atomic mass is 10.1. The van der Waals surface area contributed by atoms with E-state index in [0.29, 0.717) is 13.0 Å². The molecule has 1 heterocycles. The Balaban J connectivity index is 1.81. The van der Waals surface area contributed by atoms with Crippen LogP contribution in [0.4, 0.5) is 0 Å². The zero-order valence-corrected chi connectivity index (χ0v) is 12.1. The summed E-state index contributed by atoms with van der Waals surface area (Å²) in [5, 5.41) is 3.00. The molecule has 18 heavy (non-hydrogen) atoms. The monoisotopic (exact) mass is 311 g/mol. The molecule has 1 unspecified atom stereocenters. The first-order valence-corrected chi connectivity index (χ1v) is 7.06. The van der Waals surface area contributed by atoms with Crippen molar-refractivity contribution in [3.05, 3.63) is 33.8 Å². The molecule has 1 fully saturated rings. The van der Waals surface area contributed by atoms with Gasteiger partial charge in [-0.25, -0.2) is 0 Å². The molecule has 2 rings (SSSR count). The summed E-state index contributed by atoms with van der Waals surface area (Å²) < 4.78 is 6.31. The maximum absolute atomic E-state index is 11.8. The number of benzene rings is 1. The maximum Gasteiger partial charge on any atom is 0.220 e. The fraction of sp³-hybridized carbons (Fsp3) is 0.500. The Morgan fingerprint density at radius 1 is 1.56 bits per heavy atom. The average molecular weight is 312 g/mol. The molecule has 1 atom stereocenters. The quantitative estimate of drug-likeness (QED) is 0.928. The van der Waals surface area contributed by atoms with E-state index < -0.39 is 0 Å². The lowest BCUT2D eigenvalue weighted by molar-refractivity contribution is -0.121. The highest BCUT2D eigenvalue weighted by Crippen LogP contribution is 2.19. The van der Waals surface area contributed by atoms with E-state index >= 15 is 0 Å². The average Bonchev–Trinajstić information content (AvgIpc) is 2.80. The van der Waals surface area contributed by atoms with Gasteiger partial charge in [0.15, 0.2) is 0 Å². The molecule has 1 amide bonds. The van der Waals surface area contributed by atoms with E-state index in [-0.39, 0.29) is 11.9 Å². The fourth-order valence-electron chi connectivity index (χ4n) is 2.05. The molecule has 0 bridgehead atoms. The number of hydrogen-bond donors (Lipinski definition) is 1. The molecular formula is C14H18BrNO2. The summed E-state index contributed by atoms with van der Waals surface area (Å²) in [5.74, 6) is 0.109. The minimum atomic E-state index is 0.109. The van der Waals surface area contributed by atoms with Crippen LogP contribution >= 0.6 is 15.9 Å². The number of amides is 1. The standard InChI is InChI=1S/C14H18BrNO2/c1-10-2-3-11(13(15)8-10)4-5-14(17)16-12-6-7-18-9-12/h2-3,8,12H,4-7,9H2,1H3,(H,16,17). The second-order valence-electron chi connectivity index (χ2n) is 4.72. The van der Waals surface area contributed by atoms with E-state index in [1.807, 2.05) is 0 Å². The topological polar surface area (TPSA) is 38.3 Å². The third kappa shape index (κ3) is 3.82. The van der Waals surface area contributed by atoms with Crippen LogP contribution < -0.4 is 5.32 Å². The van der Waals surface area contributed by atoms with E-state index in [0.717, 1.165) is 23.9 Å². The molecule has 0 radical (unpaired) electrons. The third-order valence-electron chi connectivity index (χ3n) is 3.12. The van der Waals surface area contributed by atoms with E-state index in [4.69, 9.17) is 4.74 Å². The van der Waals surface area contributed by atoms with Crippen LogP contribution in [0.2, 0.25) is 0 Å². The number of aryl methyl sites for hydroxylation is 2. The van der Waals surface area contributed by atoms with Crippen molar-refractivity contribution in [1.82, 2.24) is 5.32 Å². The van der Waals surface area contributed by atoms with Crippen molar-refractivity contribution in [3.63, 3.8) is 0 Å². The molecule has 0 saturated carbocycles. The van der Waals surface area contributed by atoms with Crippen LogP contribution in [0.25, 0.3) is 0 Å². The lowest BCUT2D eigenvalue weighted by Gasteiger charge is -2.11. The highest BCUT2D eigenvalue weighted by molar-refractivity contribution is 9.10. The van der Waals surface area contributed by atoms with Crippen LogP contribution in [0, 0.1) is 6.92 Å². The zero-order valence-electron chi connectivity index (χ0n) is 10.5. The van der Waals surface area contributed by atoms with E-state index in [1.54, 1.807) is 0 Å². The summed E-state index contributed by atoms with van der Waals surface area (Å²) in [6.07, 6.45) is 2.22.